The SMILES string of the molecule is CC(C)(Cn1cncn1)C(C)(O)COc1ccc(Cl)cc1. The molecule has 1 heterocycles. The van der Waals surface area contributed by atoms with Crippen LogP contribution >= 0.6 is 11.6 Å². The summed E-state index contributed by atoms with van der Waals surface area (Å²) in [4.78, 5) is 3.92. The van der Waals surface area contributed by atoms with Crippen LogP contribution in [0.2, 0.25) is 5.02 Å². The Balaban J connectivity index is 2.00. The van der Waals surface area contributed by atoms with Crippen LogP contribution in [0.25, 0.3) is 0 Å². The van der Waals surface area contributed by atoms with Gasteiger partial charge in [-0.2, -0.15) is 5.10 Å². The molecule has 0 fully saturated rings. The lowest BCUT2D eigenvalue weighted by Gasteiger charge is -2.39. The number of hydrogen-bond donors (Lipinski definition) is 1. The fraction of sp³-hybridized carbons (Fsp3) is 0.467. The first-order chi connectivity index (χ1) is 9.80. The Morgan fingerprint density at radius 3 is 2.48 bits per heavy atom. The highest BCUT2D eigenvalue weighted by atomic mass is 35.5. The normalized spacial score (nSPS) is 14.7. The van der Waals surface area contributed by atoms with E-state index in [9.17, 15) is 5.11 Å². The van der Waals surface area contributed by atoms with E-state index < -0.39 is 11.0 Å². The van der Waals surface area contributed by atoms with Gasteiger partial charge >= 0.3 is 0 Å². The van der Waals surface area contributed by atoms with Gasteiger partial charge in [0.2, 0.25) is 0 Å². The van der Waals surface area contributed by atoms with Gasteiger partial charge in [0.1, 0.15) is 30.6 Å². The van der Waals surface area contributed by atoms with Crippen molar-refractivity contribution in [2.45, 2.75) is 32.9 Å². The highest BCUT2D eigenvalue weighted by Gasteiger charge is 2.40. The minimum atomic E-state index is -1.03. The lowest BCUT2D eigenvalue weighted by Crippen LogP contribution is -2.49. The molecular weight excluding hydrogens is 290 g/mol. The van der Waals surface area contributed by atoms with E-state index in [1.807, 2.05) is 13.8 Å². The van der Waals surface area contributed by atoms with Gasteiger partial charge in [-0.25, -0.2) is 4.98 Å². The van der Waals surface area contributed by atoms with Crippen LogP contribution in [-0.2, 0) is 6.54 Å². The van der Waals surface area contributed by atoms with E-state index in [4.69, 9.17) is 16.3 Å². The Hall–Kier alpha value is -1.59. The first-order valence-electron chi connectivity index (χ1n) is 6.73. The summed E-state index contributed by atoms with van der Waals surface area (Å²) in [6, 6.07) is 7.07. The third kappa shape index (κ3) is 3.95. The van der Waals surface area contributed by atoms with Gasteiger partial charge in [-0.05, 0) is 31.2 Å². The van der Waals surface area contributed by atoms with Crippen molar-refractivity contribution >= 4 is 11.6 Å². The number of aliphatic hydroxyl groups is 1. The molecule has 1 unspecified atom stereocenters. The molecule has 1 N–H and O–H groups in total. The van der Waals surface area contributed by atoms with E-state index in [2.05, 4.69) is 10.1 Å². The Morgan fingerprint density at radius 1 is 1.24 bits per heavy atom. The number of rotatable bonds is 6. The molecule has 21 heavy (non-hydrogen) atoms. The van der Waals surface area contributed by atoms with E-state index in [1.54, 1.807) is 42.2 Å². The van der Waals surface area contributed by atoms with Crippen molar-refractivity contribution in [3.63, 3.8) is 0 Å². The van der Waals surface area contributed by atoms with Crippen LogP contribution in [0.3, 0.4) is 0 Å². The summed E-state index contributed by atoms with van der Waals surface area (Å²) in [6.07, 6.45) is 3.12. The number of hydrogen-bond acceptors (Lipinski definition) is 4. The molecule has 0 aliphatic rings. The van der Waals surface area contributed by atoms with Gasteiger partial charge in [-0.15, -0.1) is 0 Å². The van der Waals surface area contributed by atoms with Gasteiger partial charge in [-0.1, -0.05) is 25.4 Å². The van der Waals surface area contributed by atoms with Gasteiger partial charge in [-0.3, -0.25) is 4.68 Å². The molecule has 0 aliphatic carbocycles. The summed E-state index contributed by atoms with van der Waals surface area (Å²) < 4.78 is 7.38. The molecule has 0 saturated carbocycles. The second kappa shape index (κ2) is 6.03. The van der Waals surface area contributed by atoms with Crippen LogP contribution < -0.4 is 4.74 Å². The topological polar surface area (TPSA) is 60.2 Å². The van der Waals surface area contributed by atoms with Crippen molar-refractivity contribution in [2.75, 3.05) is 6.61 Å². The minimum Gasteiger partial charge on any atom is -0.491 e. The maximum absolute atomic E-state index is 10.7. The summed E-state index contributed by atoms with van der Waals surface area (Å²) in [7, 11) is 0. The Kier molecular flexibility index (Phi) is 4.54. The number of ether oxygens (including phenoxy) is 1. The van der Waals surface area contributed by atoms with Gasteiger partial charge in [0, 0.05) is 10.4 Å². The number of aromatic nitrogens is 3. The van der Waals surface area contributed by atoms with Gasteiger partial charge in [0.15, 0.2) is 0 Å². The minimum absolute atomic E-state index is 0.177. The maximum atomic E-state index is 10.7. The zero-order valence-corrected chi connectivity index (χ0v) is 13.2. The molecule has 114 valence electrons. The van der Waals surface area contributed by atoms with E-state index in [0.29, 0.717) is 17.3 Å². The van der Waals surface area contributed by atoms with Crippen LogP contribution in [0.4, 0.5) is 0 Å². The van der Waals surface area contributed by atoms with Crippen molar-refractivity contribution in [3.8, 4) is 5.75 Å². The Labute approximate surface area is 129 Å². The van der Waals surface area contributed by atoms with Crippen molar-refractivity contribution < 1.29 is 9.84 Å². The van der Waals surface area contributed by atoms with Crippen LogP contribution in [0.5, 0.6) is 5.75 Å². The average molecular weight is 310 g/mol. The molecule has 1 aromatic heterocycles. The highest BCUT2D eigenvalue weighted by Crippen LogP contribution is 2.33. The van der Waals surface area contributed by atoms with E-state index in [-0.39, 0.29) is 6.61 Å². The smallest absolute Gasteiger partial charge is 0.137 e. The third-order valence-corrected chi connectivity index (χ3v) is 4.07. The fourth-order valence-corrected chi connectivity index (χ4v) is 1.97. The molecular formula is C15H20ClN3O2. The van der Waals surface area contributed by atoms with Crippen molar-refractivity contribution in [1.29, 1.82) is 0 Å². The molecule has 1 aromatic carbocycles. The second-order valence-electron chi connectivity index (χ2n) is 5.99. The predicted molar refractivity (Wildman–Crippen MR) is 81.4 cm³/mol. The van der Waals surface area contributed by atoms with Crippen LogP contribution in [0.1, 0.15) is 20.8 Å². The average Bonchev–Trinajstić information content (AvgIpc) is 2.90. The monoisotopic (exact) mass is 309 g/mol. The standard InChI is InChI=1S/C15H20ClN3O2/c1-14(2,8-19-11-17-10-18-19)15(3,20)9-21-13-6-4-12(16)5-7-13/h4-7,10-11,20H,8-9H2,1-3H3. The van der Waals surface area contributed by atoms with Crippen LogP contribution in [0, 0.1) is 5.41 Å². The first-order valence-corrected chi connectivity index (χ1v) is 7.11. The number of nitrogens with zero attached hydrogens (tertiary/aromatic N) is 3. The van der Waals surface area contributed by atoms with E-state index in [0.717, 1.165) is 0 Å². The highest BCUT2D eigenvalue weighted by molar-refractivity contribution is 6.30. The molecule has 0 bridgehead atoms. The van der Waals surface area contributed by atoms with E-state index in [1.165, 1.54) is 6.33 Å². The van der Waals surface area contributed by atoms with Gasteiger partial charge in [0.05, 0.1) is 6.54 Å². The molecule has 5 nitrogen and oxygen atoms in total. The van der Waals surface area contributed by atoms with Crippen LogP contribution in [0.15, 0.2) is 36.9 Å². The number of halogens is 1. The van der Waals surface area contributed by atoms with Crippen molar-refractivity contribution in [2.24, 2.45) is 5.41 Å². The summed E-state index contributed by atoms with van der Waals surface area (Å²) in [6.45, 7) is 6.43. The van der Waals surface area contributed by atoms with Gasteiger partial charge < -0.3 is 9.84 Å². The fourth-order valence-electron chi connectivity index (χ4n) is 1.84. The Morgan fingerprint density at radius 2 is 1.90 bits per heavy atom. The van der Waals surface area contributed by atoms with Crippen LogP contribution in [-0.4, -0.2) is 32.1 Å². The predicted octanol–water partition coefficient (Wildman–Crippen LogP) is 2.79. The third-order valence-electron chi connectivity index (χ3n) is 3.82. The summed E-state index contributed by atoms with van der Waals surface area (Å²) in [5.74, 6) is 0.677. The van der Waals surface area contributed by atoms with E-state index >= 15 is 0 Å². The summed E-state index contributed by atoms with van der Waals surface area (Å²) in [5.41, 5.74) is -1.47. The lowest BCUT2D eigenvalue weighted by atomic mass is 9.76. The zero-order chi connectivity index (χ0) is 15.5. The Bertz CT molecular complexity index is 565. The van der Waals surface area contributed by atoms with Crippen molar-refractivity contribution in [3.05, 3.63) is 41.9 Å². The zero-order valence-electron chi connectivity index (χ0n) is 12.5. The second-order valence-corrected chi connectivity index (χ2v) is 6.43. The molecule has 6 heteroatoms. The molecule has 1 atom stereocenters. The molecule has 0 aliphatic heterocycles. The first kappa shape index (κ1) is 15.8. The van der Waals surface area contributed by atoms with Crippen molar-refractivity contribution in [1.82, 2.24) is 14.8 Å². The molecule has 0 amide bonds. The number of benzene rings is 1. The quantitative estimate of drug-likeness (QED) is 0.891. The summed E-state index contributed by atoms with van der Waals surface area (Å²) >= 11 is 5.83. The largest absolute Gasteiger partial charge is 0.491 e. The lowest BCUT2D eigenvalue weighted by molar-refractivity contribution is -0.0893. The molecule has 0 spiro atoms. The molecule has 0 saturated heterocycles. The molecule has 0 radical (unpaired) electrons. The summed E-state index contributed by atoms with van der Waals surface area (Å²) in [5, 5.41) is 15.5. The maximum Gasteiger partial charge on any atom is 0.137 e. The molecule has 2 aromatic rings. The van der Waals surface area contributed by atoms with Gasteiger partial charge in [0.25, 0.3) is 0 Å². The molecule has 2 rings (SSSR count).